The molecule has 1 aliphatic rings. The minimum Gasteiger partial charge on any atom is -0.466 e. The van der Waals surface area contributed by atoms with Crippen LogP contribution in [0.1, 0.15) is 36.1 Å². The van der Waals surface area contributed by atoms with E-state index in [1.807, 2.05) is 56.3 Å². The molecule has 5 nitrogen and oxygen atoms in total. The van der Waals surface area contributed by atoms with E-state index in [1.54, 1.807) is 16.7 Å². The van der Waals surface area contributed by atoms with Gasteiger partial charge in [0.25, 0.3) is 5.56 Å². The summed E-state index contributed by atoms with van der Waals surface area (Å²) in [5, 5.41) is 0.633. The number of esters is 1. The van der Waals surface area contributed by atoms with Gasteiger partial charge in [-0.15, -0.1) is 0 Å². The van der Waals surface area contributed by atoms with E-state index in [2.05, 4.69) is 4.99 Å². The van der Waals surface area contributed by atoms with Crippen molar-refractivity contribution in [3.8, 4) is 0 Å². The Kier molecular flexibility index (Phi) is 5.94. The molecule has 0 spiro atoms. The number of carbonyl (C=O) groups is 1. The highest BCUT2D eigenvalue weighted by molar-refractivity contribution is 7.07. The molecule has 3 aromatic rings. The van der Waals surface area contributed by atoms with Crippen molar-refractivity contribution in [3.63, 3.8) is 0 Å². The second-order valence-electron chi connectivity index (χ2n) is 7.20. The molecule has 2 heterocycles. The third-order valence-corrected chi connectivity index (χ3v) is 6.54. The van der Waals surface area contributed by atoms with Crippen molar-refractivity contribution in [2.45, 2.75) is 26.3 Å². The SMILES string of the molecule is CCC1=C(C(=O)OC)[C@@H](c2ccccc2C)n2c(s/c(=C\c3ccc(Cl)cc3)c2=O)=N1. The Morgan fingerprint density at radius 3 is 2.58 bits per heavy atom. The van der Waals surface area contributed by atoms with Gasteiger partial charge in [-0.25, -0.2) is 9.79 Å². The number of aromatic nitrogens is 1. The number of carbonyl (C=O) groups excluding carboxylic acids is 1. The molecule has 0 fully saturated rings. The quantitative estimate of drug-likeness (QED) is 0.566. The van der Waals surface area contributed by atoms with Gasteiger partial charge in [0, 0.05) is 5.02 Å². The van der Waals surface area contributed by atoms with E-state index < -0.39 is 12.0 Å². The number of thiazole rings is 1. The molecule has 0 saturated heterocycles. The molecular formula is C24H21ClN2O3S. The fraction of sp³-hybridized carbons (Fsp3) is 0.208. The van der Waals surface area contributed by atoms with Crippen LogP contribution in [0.4, 0.5) is 0 Å². The first-order valence-electron chi connectivity index (χ1n) is 9.88. The van der Waals surface area contributed by atoms with Crippen LogP contribution in [0.5, 0.6) is 0 Å². The standard InChI is InChI=1S/C24H21ClN2O3S/c1-4-18-20(23(29)30-3)21(17-8-6-5-7-14(17)2)27-22(28)19(31-24(27)26-18)13-15-9-11-16(25)12-10-15/h5-13,21H,4H2,1-3H3/b19-13-/t21-/m1/s1. The number of methoxy groups -OCH3 is 1. The lowest BCUT2D eigenvalue weighted by Crippen LogP contribution is -2.40. The number of rotatable bonds is 4. The molecule has 0 bridgehead atoms. The van der Waals surface area contributed by atoms with Gasteiger partial charge in [-0.3, -0.25) is 9.36 Å². The highest BCUT2D eigenvalue weighted by Gasteiger charge is 2.34. The molecule has 0 N–H and O–H groups in total. The number of hydrogen-bond donors (Lipinski definition) is 0. The van der Waals surface area contributed by atoms with Gasteiger partial charge in [0.15, 0.2) is 4.80 Å². The Hall–Kier alpha value is -2.96. The summed E-state index contributed by atoms with van der Waals surface area (Å²) < 4.78 is 7.25. The minimum absolute atomic E-state index is 0.191. The van der Waals surface area contributed by atoms with Crippen LogP contribution >= 0.6 is 22.9 Å². The van der Waals surface area contributed by atoms with Crippen LogP contribution in [0.15, 0.2) is 69.6 Å². The van der Waals surface area contributed by atoms with Gasteiger partial charge in [0.05, 0.1) is 29.0 Å². The third kappa shape index (κ3) is 3.89. The van der Waals surface area contributed by atoms with Crippen molar-refractivity contribution < 1.29 is 9.53 Å². The number of ether oxygens (including phenoxy) is 1. The Morgan fingerprint density at radius 1 is 1.23 bits per heavy atom. The lowest BCUT2D eigenvalue weighted by molar-refractivity contribution is -0.136. The maximum absolute atomic E-state index is 13.5. The van der Waals surface area contributed by atoms with E-state index in [0.717, 1.165) is 16.7 Å². The van der Waals surface area contributed by atoms with Crippen LogP contribution in [0.25, 0.3) is 6.08 Å². The van der Waals surface area contributed by atoms with E-state index in [9.17, 15) is 9.59 Å². The fourth-order valence-electron chi connectivity index (χ4n) is 3.76. The summed E-state index contributed by atoms with van der Waals surface area (Å²) in [6.45, 7) is 3.91. The zero-order chi connectivity index (χ0) is 22.1. The number of halogens is 1. The van der Waals surface area contributed by atoms with Crippen molar-refractivity contribution in [2.24, 2.45) is 4.99 Å². The molecule has 1 aliphatic heterocycles. The molecule has 4 rings (SSSR count). The maximum atomic E-state index is 13.5. The van der Waals surface area contributed by atoms with E-state index in [4.69, 9.17) is 16.3 Å². The Bertz CT molecular complexity index is 1370. The van der Waals surface area contributed by atoms with E-state index >= 15 is 0 Å². The first kappa shape index (κ1) is 21.3. The van der Waals surface area contributed by atoms with Crippen LogP contribution in [-0.2, 0) is 9.53 Å². The summed E-state index contributed by atoms with van der Waals surface area (Å²) in [4.78, 5) is 31.6. The van der Waals surface area contributed by atoms with Gasteiger partial charge in [-0.1, -0.05) is 66.3 Å². The van der Waals surface area contributed by atoms with Crippen LogP contribution in [0.3, 0.4) is 0 Å². The second kappa shape index (κ2) is 8.65. The molecule has 0 radical (unpaired) electrons. The lowest BCUT2D eigenvalue weighted by atomic mass is 9.92. The number of allylic oxidation sites excluding steroid dienone is 1. The van der Waals surface area contributed by atoms with E-state index in [1.165, 1.54) is 18.4 Å². The number of hydrogen-bond acceptors (Lipinski definition) is 5. The summed E-state index contributed by atoms with van der Waals surface area (Å²) in [6.07, 6.45) is 2.37. The topological polar surface area (TPSA) is 60.7 Å². The van der Waals surface area contributed by atoms with Crippen LogP contribution in [-0.4, -0.2) is 17.6 Å². The predicted octanol–water partition coefficient (Wildman–Crippen LogP) is 3.76. The summed E-state index contributed by atoms with van der Waals surface area (Å²) in [7, 11) is 1.35. The van der Waals surface area contributed by atoms with Gasteiger partial charge < -0.3 is 4.74 Å². The summed E-state index contributed by atoms with van der Waals surface area (Å²) in [5.74, 6) is -0.471. The van der Waals surface area contributed by atoms with E-state index in [-0.39, 0.29) is 5.56 Å². The summed E-state index contributed by atoms with van der Waals surface area (Å²) in [6, 6.07) is 14.5. The Balaban J connectivity index is 2.02. The molecule has 1 atom stereocenters. The Morgan fingerprint density at radius 2 is 1.94 bits per heavy atom. The van der Waals surface area contributed by atoms with Gasteiger partial charge >= 0.3 is 5.97 Å². The molecule has 0 unspecified atom stereocenters. The fourth-order valence-corrected chi connectivity index (χ4v) is 4.91. The molecular weight excluding hydrogens is 432 g/mol. The van der Waals surface area contributed by atoms with Gasteiger partial charge in [0.2, 0.25) is 0 Å². The summed E-state index contributed by atoms with van der Waals surface area (Å²) in [5.41, 5.74) is 3.58. The minimum atomic E-state index is -0.591. The van der Waals surface area contributed by atoms with Gasteiger partial charge in [-0.05, 0) is 48.2 Å². The molecule has 2 aromatic carbocycles. The number of fused-ring (bicyclic) bond motifs is 1. The summed E-state index contributed by atoms with van der Waals surface area (Å²) >= 11 is 7.29. The zero-order valence-electron chi connectivity index (χ0n) is 17.4. The first-order valence-corrected chi connectivity index (χ1v) is 11.1. The largest absolute Gasteiger partial charge is 0.466 e. The molecule has 0 aliphatic carbocycles. The van der Waals surface area contributed by atoms with E-state index in [0.29, 0.717) is 32.0 Å². The maximum Gasteiger partial charge on any atom is 0.338 e. The van der Waals surface area contributed by atoms with Crippen LogP contribution in [0.2, 0.25) is 5.02 Å². The highest BCUT2D eigenvalue weighted by atomic mass is 35.5. The monoisotopic (exact) mass is 452 g/mol. The number of nitrogens with zero attached hydrogens (tertiary/aromatic N) is 2. The van der Waals surface area contributed by atoms with Crippen LogP contribution in [0, 0.1) is 6.92 Å². The molecule has 158 valence electrons. The molecule has 0 saturated carbocycles. The highest BCUT2D eigenvalue weighted by Crippen LogP contribution is 2.33. The van der Waals surface area contributed by atoms with Gasteiger partial charge in [-0.2, -0.15) is 0 Å². The average molecular weight is 453 g/mol. The van der Waals surface area contributed by atoms with Crippen molar-refractivity contribution in [1.29, 1.82) is 0 Å². The van der Waals surface area contributed by atoms with Crippen molar-refractivity contribution in [1.82, 2.24) is 4.57 Å². The van der Waals surface area contributed by atoms with Crippen molar-refractivity contribution in [3.05, 3.63) is 101 Å². The first-order chi connectivity index (χ1) is 14.9. The number of aryl methyl sites for hydroxylation is 1. The predicted molar refractivity (Wildman–Crippen MR) is 123 cm³/mol. The molecule has 0 amide bonds. The average Bonchev–Trinajstić information content (AvgIpc) is 3.09. The zero-order valence-corrected chi connectivity index (χ0v) is 19.0. The molecule has 7 heteroatoms. The Labute approximate surface area is 188 Å². The number of benzene rings is 2. The molecule has 1 aromatic heterocycles. The van der Waals surface area contributed by atoms with Crippen molar-refractivity contribution >= 4 is 35.0 Å². The second-order valence-corrected chi connectivity index (χ2v) is 8.64. The lowest BCUT2D eigenvalue weighted by Gasteiger charge is -2.26. The molecule has 31 heavy (non-hydrogen) atoms. The normalized spacial score (nSPS) is 16.1. The smallest absolute Gasteiger partial charge is 0.338 e. The van der Waals surface area contributed by atoms with Crippen molar-refractivity contribution in [2.75, 3.05) is 7.11 Å². The van der Waals surface area contributed by atoms with Crippen LogP contribution < -0.4 is 14.9 Å². The van der Waals surface area contributed by atoms with Gasteiger partial charge in [0.1, 0.15) is 0 Å². The third-order valence-electron chi connectivity index (χ3n) is 5.30.